The van der Waals surface area contributed by atoms with Gasteiger partial charge in [-0.2, -0.15) is 5.10 Å². The molecular formula is C20H23N3O4. The lowest BCUT2D eigenvalue weighted by molar-refractivity contribution is -0.385. The average molecular weight is 369 g/mol. The fourth-order valence-electron chi connectivity index (χ4n) is 2.71. The molecule has 2 rings (SSSR count). The van der Waals surface area contributed by atoms with Crippen molar-refractivity contribution in [1.82, 2.24) is 5.43 Å². The number of benzene rings is 2. The fraction of sp³-hybridized carbons (Fsp3) is 0.300. The first-order valence-electron chi connectivity index (χ1n) is 8.56. The summed E-state index contributed by atoms with van der Waals surface area (Å²) in [5, 5.41) is 15.0. The van der Waals surface area contributed by atoms with Crippen LogP contribution in [0.1, 0.15) is 42.0 Å². The molecule has 0 saturated carbocycles. The Kier molecular flexibility index (Phi) is 6.65. The van der Waals surface area contributed by atoms with E-state index in [9.17, 15) is 14.9 Å². The molecule has 0 saturated heterocycles. The highest BCUT2D eigenvalue weighted by Gasteiger charge is 2.15. The lowest BCUT2D eigenvalue weighted by Crippen LogP contribution is -2.20. The summed E-state index contributed by atoms with van der Waals surface area (Å²) in [6, 6.07) is 10.1. The summed E-state index contributed by atoms with van der Waals surface area (Å²) in [7, 11) is 1.64. The van der Waals surface area contributed by atoms with E-state index in [2.05, 4.69) is 24.4 Å². The average Bonchev–Trinajstić information content (AvgIpc) is 2.62. The van der Waals surface area contributed by atoms with E-state index in [-0.39, 0.29) is 18.0 Å². The number of hydrogen-bond acceptors (Lipinski definition) is 5. The number of para-hydroxylation sites is 1. The molecule has 7 nitrogen and oxygen atoms in total. The zero-order valence-electron chi connectivity index (χ0n) is 15.9. The molecule has 0 aliphatic rings. The number of carbonyl (C=O) groups excluding carboxylic acids is 1. The van der Waals surface area contributed by atoms with Gasteiger partial charge in [-0.25, -0.2) is 5.43 Å². The number of hydrazone groups is 1. The third-order valence-electron chi connectivity index (χ3n) is 4.17. The summed E-state index contributed by atoms with van der Waals surface area (Å²) in [4.78, 5) is 22.6. The second-order valence-corrected chi connectivity index (χ2v) is 6.46. The highest BCUT2D eigenvalue weighted by atomic mass is 16.6. The Balaban J connectivity index is 2.10. The second-order valence-electron chi connectivity index (χ2n) is 6.46. The van der Waals surface area contributed by atoms with Crippen LogP contribution in [-0.2, 0) is 11.2 Å². The SMILES string of the molecule is COc1cc(C)c(C=NNC(=O)Cc2ccccc2[N+](=O)[O-])cc1C(C)C. The first-order chi connectivity index (χ1) is 12.8. The van der Waals surface area contributed by atoms with E-state index in [1.807, 2.05) is 19.1 Å². The first kappa shape index (κ1) is 20.1. The van der Waals surface area contributed by atoms with Crippen molar-refractivity contribution in [3.63, 3.8) is 0 Å². The van der Waals surface area contributed by atoms with Gasteiger partial charge in [-0.05, 0) is 41.7 Å². The van der Waals surface area contributed by atoms with Crippen LogP contribution in [0.25, 0.3) is 0 Å². The molecule has 0 unspecified atom stereocenters. The zero-order chi connectivity index (χ0) is 20.0. The molecule has 0 aromatic heterocycles. The Morgan fingerprint density at radius 1 is 1.33 bits per heavy atom. The Bertz CT molecular complexity index is 876. The van der Waals surface area contributed by atoms with Gasteiger partial charge in [-0.15, -0.1) is 0 Å². The van der Waals surface area contributed by atoms with Crippen LogP contribution in [0.4, 0.5) is 5.69 Å². The Morgan fingerprint density at radius 2 is 2.04 bits per heavy atom. The molecule has 0 fully saturated rings. The van der Waals surface area contributed by atoms with Crippen molar-refractivity contribution >= 4 is 17.8 Å². The van der Waals surface area contributed by atoms with E-state index in [0.29, 0.717) is 5.56 Å². The molecule has 0 spiro atoms. The topological polar surface area (TPSA) is 93.8 Å². The first-order valence-corrected chi connectivity index (χ1v) is 8.56. The second kappa shape index (κ2) is 8.93. The van der Waals surface area contributed by atoms with Crippen LogP contribution in [0, 0.1) is 17.0 Å². The van der Waals surface area contributed by atoms with Crippen molar-refractivity contribution in [3.05, 3.63) is 68.8 Å². The number of hydrogen-bond donors (Lipinski definition) is 1. The summed E-state index contributed by atoms with van der Waals surface area (Å²) in [5.41, 5.74) is 5.58. The summed E-state index contributed by atoms with van der Waals surface area (Å²) in [6.07, 6.45) is 1.45. The number of ether oxygens (including phenoxy) is 1. The molecule has 0 atom stereocenters. The van der Waals surface area contributed by atoms with Crippen molar-refractivity contribution in [2.24, 2.45) is 5.10 Å². The zero-order valence-corrected chi connectivity index (χ0v) is 15.9. The molecule has 0 heterocycles. The van der Waals surface area contributed by atoms with Crippen LogP contribution in [-0.4, -0.2) is 24.2 Å². The minimum absolute atomic E-state index is 0.0794. The van der Waals surface area contributed by atoms with Crippen molar-refractivity contribution in [2.75, 3.05) is 7.11 Å². The molecule has 2 aromatic rings. The number of nitro groups is 1. The van der Waals surface area contributed by atoms with E-state index >= 15 is 0 Å². The van der Waals surface area contributed by atoms with Gasteiger partial charge >= 0.3 is 0 Å². The van der Waals surface area contributed by atoms with E-state index in [4.69, 9.17) is 4.74 Å². The van der Waals surface area contributed by atoms with Crippen LogP contribution < -0.4 is 10.2 Å². The molecule has 0 radical (unpaired) electrons. The van der Waals surface area contributed by atoms with Crippen LogP contribution >= 0.6 is 0 Å². The molecule has 0 aliphatic heterocycles. The molecule has 0 aliphatic carbocycles. The highest BCUT2D eigenvalue weighted by molar-refractivity contribution is 5.85. The van der Waals surface area contributed by atoms with Crippen molar-refractivity contribution in [2.45, 2.75) is 33.1 Å². The molecule has 1 N–H and O–H groups in total. The Labute approximate surface area is 158 Å². The number of nitro benzene ring substituents is 1. The lowest BCUT2D eigenvalue weighted by atomic mass is 9.97. The molecule has 142 valence electrons. The minimum Gasteiger partial charge on any atom is -0.496 e. The van der Waals surface area contributed by atoms with E-state index in [1.165, 1.54) is 6.07 Å². The molecule has 0 bridgehead atoms. The van der Waals surface area contributed by atoms with Crippen molar-refractivity contribution < 1.29 is 14.5 Å². The van der Waals surface area contributed by atoms with Gasteiger partial charge in [0.2, 0.25) is 5.91 Å². The van der Waals surface area contributed by atoms with Gasteiger partial charge in [0, 0.05) is 11.6 Å². The van der Waals surface area contributed by atoms with Gasteiger partial charge in [0.1, 0.15) is 5.75 Å². The van der Waals surface area contributed by atoms with E-state index in [1.54, 1.807) is 31.5 Å². The molecular weight excluding hydrogens is 346 g/mol. The molecule has 7 heteroatoms. The van der Waals surface area contributed by atoms with Gasteiger partial charge < -0.3 is 4.74 Å². The van der Waals surface area contributed by atoms with Crippen LogP contribution in [0.2, 0.25) is 0 Å². The van der Waals surface area contributed by atoms with Crippen molar-refractivity contribution in [3.8, 4) is 5.75 Å². The van der Waals surface area contributed by atoms with E-state index < -0.39 is 10.8 Å². The number of rotatable bonds is 7. The van der Waals surface area contributed by atoms with Gasteiger partial charge in [-0.3, -0.25) is 14.9 Å². The molecule has 2 aromatic carbocycles. The van der Waals surface area contributed by atoms with Gasteiger partial charge in [0.05, 0.1) is 24.7 Å². The summed E-state index contributed by atoms with van der Waals surface area (Å²) in [5.74, 6) is 0.678. The number of aryl methyl sites for hydroxylation is 1. The summed E-state index contributed by atoms with van der Waals surface area (Å²) in [6.45, 7) is 6.08. The Morgan fingerprint density at radius 3 is 2.67 bits per heavy atom. The largest absolute Gasteiger partial charge is 0.496 e. The fourth-order valence-corrected chi connectivity index (χ4v) is 2.71. The third-order valence-corrected chi connectivity index (χ3v) is 4.17. The summed E-state index contributed by atoms with van der Waals surface area (Å²) < 4.78 is 5.41. The minimum atomic E-state index is -0.500. The standard InChI is InChI=1S/C20H23N3O4/c1-13(2)17-10-16(14(3)9-19(17)27-4)12-21-22-20(24)11-15-7-5-6-8-18(15)23(25)26/h5-10,12-13H,11H2,1-4H3,(H,22,24). The lowest BCUT2D eigenvalue weighted by Gasteiger charge is -2.14. The maximum Gasteiger partial charge on any atom is 0.273 e. The highest BCUT2D eigenvalue weighted by Crippen LogP contribution is 2.29. The predicted molar refractivity (Wildman–Crippen MR) is 104 cm³/mol. The van der Waals surface area contributed by atoms with Gasteiger partial charge in [0.15, 0.2) is 0 Å². The maximum atomic E-state index is 12.1. The Hall–Kier alpha value is -3.22. The van der Waals surface area contributed by atoms with Gasteiger partial charge in [-0.1, -0.05) is 32.0 Å². The van der Waals surface area contributed by atoms with E-state index in [0.717, 1.165) is 22.4 Å². The third kappa shape index (κ3) is 5.13. The van der Waals surface area contributed by atoms with Crippen LogP contribution in [0.5, 0.6) is 5.75 Å². The van der Waals surface area contributed by atoms with Crippen molar-refractivity contribution in [1.29, 1.82) is 0 Å². The quantitative estimate of drug-likeness (QED) is 0.457. The normalized spacial score (nSPS) is 11.0. The van der Waals surface area contributed by atoms with Crippen LogP contribution in [0.3, 0.4) is 0 Å². The molecule has 1 amide bonds. The number of carbonyl (C=O) groups is 1. The predicted octanol–water partition coefficient (Wildman–Crippen LogP) is 3.73. The monoisotopic (exact) mass is 369 g/mol. The summed E-state index contributed by atoms with van der Waals surface area (Å²) >= 11 is 0. The number of amides is 1. The smallest absolute Gasteiger partial charge is 0.273 e. The number of methoxy groups -OCH3 is 1. The maximum absolute atomic E-state index is 12.1. The number of nitrogens with zero attached hydrogens (tertiary/aromatic N) is 2. The number of nitrogens with one attached hydrogen (secondary N) is 1. The molecule has 27 heavy (non-hydrogen) atoms. The van der Waals surface area contributed by atoms with Gasteiger partial charge in [0.25, 0.3) is 5.69 Å². The van der Waals surface area contributed by atoms with Crippen LogP contribution in [0.15, 0.2) is 41.5 Å².